The fraction of sp³-hybridized carbons (Fsp3) is 0.188. The van der Waals surface area contributed by atoms with E-state index in [1.807, 2.05) is 19.9 Å². The third kappa shape index (κ3) is 4.05. The molecule has 1 amide bonds. The van der Waals surface area contributed by atoms with Crippen molar-refractivity contribution in [3.05, 3.63) is 53.9 Å². The Morgan fingerprint density at radius 3 is 2.76 bits per heavy atom. The standard InChI is InChI=1S/C16H16N4O/c1-11(2)19-16(21)13-7-15(10-18-9-13)20-14-5-3-4-12(6-14)8-17/h3-7,9-11,20H,1-2H3,(H,19,21). The van der Waals surface area contributed by atoms with E-state index in [4.69, 9.17) is 5.26 Å². The van der Waals surface area contributed by atoms with Gasteiger partial charge in [0.15, 0.2) is 0 Å². The molecule has 0 saturated carbocycles. The number of rotatable bonds is 4. The zero-order valence-corrected chi connectivity index (χ0v) is 11.9. The van der Waals surface area contributed by atoms with Gasteiger partial charge < -0.3 is 10.6 Å². The zero-order chi connectivity index (χ0) is 15.2. The summed E-state index contributed by atoms with van der Waals surface area (Å²) < 4.78 is 0. The van der Waals surface area contributed by atoms with Crippen molar-refractivity contribution >= 4 is 17.3 Å². The molecule has 2 aromatic rings. The van der Waals surface area contributed by atoms with Crippen LogP contribution in [0.4, 0.5) is 11.4 Å². The summed E-state index contributed by atoms with van der Waals surface area (Å²) in [5, 5.41) is 14.8. The van der Waals surface area contributed by atoms with Crippen LogP contribution in [0.1, 0.15) is 29.8 Å². The number of nitrogens with one attached hydrogen (secondary N) is 2. The number of aromatic nitrogens is 1. The van der Waals surface area contributed by atoms with E-state index in [9.17, 15) is 4.79 Å². The number of hydrogen-bond acceptors (Lipinski definition) is 4. The molecule has 21 heavy (non-hydrogen) atoms. The first-order valence-electron chi connectivity index (χ1n) is 6.61. The predicted molar refractivity (Wildman–Crippen MR) is 81.3 cm³/mol. The zero-order valence-electron chi connectivity index (χ0n) is 11.9. The molecular weight excluding hydrogens is 264 g/mol. The summed E-state index contributed by atoms with van der Waals surface area (Å²) >= 11 is 0. The van der Waals surface area contributed by atoms with Crippen LogP contribution in [0.5, 0.6) is 0 Å². The van der Waals surface area contributed by atoms with Gasteiger partial charge in [0.2, 0.25) is 0 Å². The average molecular weight is 280 g/mol. The summed E-state index contributed by atoms with van der Waals surface area (Å²) in [6.45, 7) is 3.81. The van der Waals surface area contributed by atoms with Gasteiger partial charge in [-0.3, -0.25) is 9.78 Å². The van der Waals surface area contributed by atoms with Crippen LogP contribution in [-0.2, 0) is 0 Å². The molecule has 0 bridgehead atoms. The van der Waals surface area contributed by atoms with E-state index in [2.05, 4.69) is 21.7 Å². The van der Waals surface area contributed by atoms with Crippen LogP contribution in [0.25, 0.3) is 0 Å². The highest BCUT2D eigenvalue weighted by atomic mass is 16.1. The molecule has 5 nitrogen and oxygen atoms in total. The SMILES string of the molecule is CC(C)NC(=O)c1cncc(Nc2cccc(C#N)c2)c1. The Bertz CT molecular complexity index is 689. The van der Waals surface area contributed by atoms with Crippen LogP contribution >= 0.6 is 0 Å². The molecule has 0 radical (unpaired) electrons. The molecule has 0 fully saturated rings. The molecule has 0 aliphatic heterocycles. The highest BCUT2D eigenvalue weighted by molar-refractivity contribution is 5.95. The van der Waals surface area contributed by atoms with Gasteiger partial charge in [-0.1, -0.05) is 6.07 Å². The van der Waals surface area contributed by atoms with E-state index in [1.165, 1.54) is 6.20 Å². The molecule has 0 saturated heterocycles. The van der Waals surface area contributed by atoms with Gasteiger partial charge in [-0.15, -0.1) is 0 Å². The van der Waals surface area contributed by atoms with Gasteiger partial charge >= 0.3 is 0 Å². The minimum absolute atomic E-state index is 0.0708. The highest BCUT2D eigenvalue weighted by Gasteiger charge is 2.08. The van der Waals surface area contributed by atoms with E-state index in [-0.39, 0.29) is 11.9 Å². The molecule has 1 aromatic heterocycles. The van der Waals surface area contributed by atoms with E-state index < -0.39 is 0 Å². The van der Waals surface area contributed by atoms with E-state index in [0.717, 1.165) is 5.69 Å². The Hall–Kier alpha value is -2.87. The van der Waals surface area contributed by atoms with Gasteiger partial charge in [-0.2, -0.15) is 5.26 Å². The van der Waals surface area contributed by atoms with Crippen molar-refractivity contribution in [2.45, 2.75) is 19.9 Å². The van der Waals surface area contributed by atoms with Crippen molar-refractivity contribution in [1.82, 2.24) is 10.3 Å². The number of nitriles is 1. The lowest BCUT2D eigenvalue weighted by Gasteiger charge is -2.10. The van der Waals surface area contributed by atoms with Gasteiger partial charge in [0, 0.05) is 17.9 Å². The highest BCUT2D eigenvalue weighted by Crippen LogP contribution is 2.17. The minimum atomic E-state index is -0.160. The second-order valence-corrected chi connectivity index (χ2v) is 4.91. The molecule has 1 aromatic carbocycles. The second-order valence-electron chi connectivity index (χ2n) is 4.91. The largest absolute Gasteiger partial charge is 0.354 e. The molecule has 2 rings (SSSR count). The molecule has 5 heteroatoms. The molecule has 106 valence electrons. The number of amides is 1. The van der Waals surface area contributed by atoms with Crippen molar-refractivity contribution in [2.75, 3.05) is 5.32 Å². The van der Waals surface area contributed by atoms with Gasteiger partial charge in [0.1, 0.15) is 0 Å². The van der Waals surface area contributed by atoms with Crippen LogP contribution < -0.4 is 10.6 Å². The summed E-state index contributed by atoms with van der Waals surface area (Å²) in [7, 11) is 0. The Kier molecular flexibility index (Phi) is 4.52. The quantitative estimate of drug-likeness (QED) is 0.902. The molecule has 0 spiro atoms. The summed E-state index contributed by atoms with van der Waals surface area (Å²) in [6.07, 6.45) is 3.15. The minimum Gasteiger partial charge on any atom is -0.354 e. The van der Waals surface area contributed by atoms with Gasteiger partial charge in [-0.05, 0) is 38.1 Å². The molecule has 0 aliphatic rings. The number of hydrogen-bond donors (Lipinski definition) is 2. The monoisotopic (exact) mass is 280 g/mol. The van der Waals surface area contributed by atoms with Crippen molar-refractivity contribution in [3.8, 4) is 6.07 Å². The van der Waals surface area contributed by atoms with Crippen molar-refractivity contribution in [1.29, 1.82) is 5.26 Å². The van der Waals surface area contributed by atoms with Crippen molar-refractivity contribution < 1.29 is 4.79 Å². The third-order valence-corrected chi connectivity index (χ3v) is 2.70. The van der Waals surface area contributed by atoms with E-state index in [0.29, 0.717) is 16.8 Å². The lowest BCUT2D eigenvalue weighted by Crippen LogP contribution is -2.30. The third-order valence-electron chi connectivity index (χ3n) is 2.70. The Labute approximate surface area is 123 Å². The molecule has 0 atom stereocenters. The summed E-state index contributed by atoms with van der Waals surface area (Å²) in [5.41, 5.74) is 2.53. The lowest BCUT2D eigenvalue weighted by atomic mass is 10.2. The maximum Gasteiger partial charge on any atom is 0.253 e. The number of carbonyl (C=O) groups excluding carboxylic acids is 1. The Balaban J connectivity index is 2.18. The predicted octanol–water partition coefficient (Wildman–Crippen LogP) is 2.84. The molecule has 1 heterocycles. The first-order valence-corrected chi connectivity index (χ1v) is 6.61. The first-order chi connectivity index (χ1) is 10.1. The Morgan fingerprint density at radius 1 is 1.24 bits per heavy atom. The van der Waals surface area contributed by atoms with Gasteiger partial charge in [0.05, 0.1) is 29.1 Å². The summed E-state index contributed by atoms with van der Waals surface area (Å²) in [6, 6.07) is 11.0. The van der Waals surface area contributed by atoms with Crippen LogP contribution in [-0.4, -0.2) is 16.9 Å². The fourth-order valence-corrected chi connectivity index (χ4v) is 1.81. The number of nitrogens with zero attached hydrogens (tertiary/aromatic N) is 2. The van der Waals surface area contributed by atoms with Gasteiger partial charge in [0.25, 0.3) is 5.91 Å². The fourth-order valence-electron chi connectivity index (χ4n) is 1.81. The van der Waals surface area contributed by atoms with Crippen molar-refractivity contribution in [2.24, 2.45) is 0 Å². The first kappa shape index (κ1) is 14.5. The van der Waals surface area contributed by atoms with Crippen LogP contribution in [0.2, 0.25) is 0 Å². The summed E-state index contributed by atoms with van der Waals surface area (Å²) in [4.78, 5) is 16.0. The topological polar surface area (TPSA) is 77.8 Å². The number of anilines is 2. The van der Waals surface area contributed by atoms with E-state index >= 15 is 0 Å². The van der Waals surface area contributed by atoms with Crippen LogP contribution in [0, 0.1) is 11.3 Å². The molecule has 0 unspecified atom stereocenters. The Morgan fingerprint density at radius 2 is 2.05 bits per heavy atom. The lowest BCUT2D eigenvalue weighted by molar-refractivity contribution is 0.0943. The molecule has 2 N–H and O–H groups in total. The number of carbonyl (C=O) groups is 1. The van der Waals surface area contributed by atoms with Gasteiger partial charge in [-0.25, -0.2) is 0 Å². The van der Waals surface area contributed by atoms with Crippen molar-refractivity contribution in [3.63, 3.8) is 0 Å². The second kappa shape index (κ2) is 6.53. The summed E-state index contributed by atoms with van der Waals surface area (Å²) in [5.74, 6) is -0.160. The average Bonchev–Trinajstić information content (AvgIpc) is 2.47. The van der Waals surface area contributed by atoms with Crippen LogP contribution in [0.15, 0.2) is 42.7 Å². The number of pyridine rings is 1. The normalized spacial score (nSPS) is 10.0. The smallest absolute Gasteiger partial charge is 0.253 e. The maximum atomic E-state index is 11.9. The molecule has 0 aliphatic carbocycles. The maximum absolute atomic E-state index is 11.9. The van der Waals surface area contributed by atoms with E-state index in [1.54, 1.807) is 30.5 Å². The molecular formula is C16H16N4O. The van der Waals surface area contributed by atoms with Crippen LogP contribution in [0.3, 0.4) is 0 Å². The number of benzene rings is 1.